The van der Waals surface area contributed by atoms with Gasteiger partial charge < -0.3 is 9.80 Å². The molecular formula is C21H30N2O2. The molecule has 4 heteroatoms. The second-order valence-electron chi connectivity index (χ2n) is 6.72. The van der Waals surface area contributed by atoms with Gasteiger partial charge in [-0.05, 0) is 44.2 Å². The summed E-state index contributed by atoms with van der Waals surface area (Å²) in [7, 11) is 0. The van der Waals surface area contributed by atoms with Gasteiger partial charge in [0.05, 0.1) is 0 Å². The highest BCUT2D eigenvalue weighted by atomic mass is 16.2. The summed E-state index contributed by atoms with van der Waals surface area (Å²) in [6.07, 6.45) is 8.15. The van der Waals surface area contributed by atoms with Gasteiger partial charge in [-0.15, -0.1) is 0 Å². The first-order valence-corrected chi connectivity index (χ1v) is 9.43. The lowest BCUT2D eigenvalue weighted by atomic mass is 10.1. The fraction of sp³-hybridized carbons (Fsp3) is 0.524. The van der Waals surface area contributed by atoms with Crippen molar-refractivity contribution in [2.24, 2.45) is 0 Å². The summed E-state index contributed by atoms with van der Waals surface area (Å²) < 4.78 is 0. The maximum absolute atomic E-state index is 12.6. The maximum Gasteiger partial charge on any atom is 0.246 e. The van der Waals surface area contributed by atoms with Gasteiger partial charge in [0.1, 0.15) is 0 Å². The van der Waals surface area contributed by atoms with E-state index in [2.05, 4.69) is 6.92 Å². The lowest BCUT2D eigenvalue weighted by Crippen LogP contribution is -2.42. The second kappa shape index (κ2) is 10.0. The van der Waals surface area contributed by atoms with Crippen molar-refractivity contribution in [1.29, 1.82) is 0 Å². The van der Waals surface area contributed by atoms with Gasteiger partial charge in [-0.2, -0.15) is 0 Å². The Morgan fingerprint density at radius 2 is 1.84 bits per heavy atom. The zero-order valence-electron chi connectivity index (χ0n) is 15.5. The largest absolute Gasteiger partial charge is 0.343 e. The summed E-state index contributed by atoms with van der Waals surface area (Å²) in [6.45, 7) is 6.33. The molecule has 0 bridgehead atoms. The van der Waals surface area contributed by atoms with Gasteiger partial charge in [0, 0.05) is 38.2 Å². The van der Waals surface area contributed by atoms with Crippen LogP contribution in [-0.4, -0.2) is 47.3 Å². The molecule has 0 spiro atoms. The Balaban J connectivity index is 1.94. The number of benzene rings is 1. The molecule has 1 unspecified atom stereocenters. The third-order valence-electron chi connectivity index (χ3n) is 4.90. The van der Waals surface area contributed by atoms with Crippen LogP contribution in [0.3, 0.4) is 0 Å². The summed E-state index contributed by atoms with van der Waals surface area (Å²) in [5.41, 5.74) is 1.00. The van der Waals surface area contributed by atoms with Gasteiger partial charge in [0.15, 0.2) is 0 Å². The Kier molecular flexibility index (Phi) is 7.71. The molecular weight excluding hydrogens is 312 g/mol. The van der Waals surface area contributed by atoms with Crippen molar-refractivity contribution in [3.05, 3.63) is 42.0 Å². The third kappa shape index (κ3) is 6.04. The van der Waals surface area contributed by atoms with Crippen LogP contribution in [0, 0.1) is 0 Å². The first-order chi connectivity index (χ1) is 12.1. The van der Waals surface area contributed by atoms with Crippen molar-refractivity contribution < 1.29 is 9.59 Å². The molecule has 4 nitrogen and oxygen atoms in total. The zero-order valence-corrected chi connectivity index (χ0v) is 15.5. The van der Waals surface area contributed by atoms with Crippen molar-refractivity contribution >= 4 is 17.9 Å². The number of carbonyl (C=O) groups is 2. The molecule has 1 fully saturated rings. The highest BCUT2D eigenvalue weighted by Gasteiger charge is 2.21. The molecule has 1 aromatic carbocycles. The standard InChI is InChI=1S/C21H30N2O2/c1-3-18(2)23(17-14-20(24)22-15-8-5-9-16-22)21(25)13-12-19-10-6-4-7-11-19/h4,6-7,10-13,18H,3,5,8-9,14-17H2,1-2H3/b13-12+. The van der Waals surface area contributed by atoms with Gasteiger partial charge in [-0.25, -0.2) is 0 Å². The number of carbonyl (C=O) groups excluding carboxylic acids is 2. The molecule has 1 atom stereocenters. The SMILES string of the molecule is CCC(C)N(CCC(=O)N1CCCCC1)C(=O)/C=C/c1ccccc1. The van der Waals surface area contributed by atoms with E-state index in [0.29, 0.717) is 13.0 Å². The predicted octanol–water partition coefficient (Wildman–Crippen LogP) is 3.73. The number of amides is 2. The Hall–Kier alpha value is -2.10. The van der Waals surface area contributed by atoms with Crippen molar-refractivity contribution in [2.75, 3.05) is 19.6 Å². The molecule has 136 valence electrons. The molecule has 0 aliphatic carbocycles. The smallest absolute Gasteiger partial charge is 0.246 e. The lowest BCUT2D eigenvalue weighted by molar-refractivity contribution is -0.134. The van der Waals surface area contributed by atoms with E-state index in [4.69, 9.17) is 0 Å². The van der Waals surface area contributed by atoms with Crippen LogP contribution in [0.25, 0.3) is 6.08 Å². The average molecular weight is 342 g/mol. The molecule has 0 radical (unpaired) electrons. The van der Waals surface area contributed by atoms with E-state index in [0.717, 1.165) is 37.9 Å². The van der Waals surface area contributed by atoms with Gasteiger partial charge in [0.2, 0.25) is 11.8 Å². The van der Waals surface area contributed by atoms with E-state index in [1.165, 1.54) is 6.42 Å². The third-order valence-corrected chi connectivity index (χ3v) is 4.90. The maximum atomic E-state index is 12.6. The van der Waals surface area contributed by atoms with E-state index >= 15 is 0 Å². The molecule has 0 N–H and O–H groups in total. The molecule has 1 aliphatic rings. The molecule has 2 amide bonds. The fourth-order valence-electron chi connectivity index (χ4n) is 3.11. The monoisotopic (exact) mass is 342 g/mol. The molecule has 2 rings (SSSR count). The average Bonchev–Trinajstić information content (AvgIpc) is 2.67. The van der Waals surface area contributed by atoms with E-state index in [-0.39, 0.29) is 17.9 Å². The van der Waals surface area contributed by atoms with Gasteiger partial charge >= 0.3 is 0 Å². The Labute approximate surface area is 151 Å². The Morgan fingerprint density at radius 1 is 1.16 bits per heavy atom. The van der Waals surface area contributed by atoms with Crippen LogP contribution in [0.2, 0.25) is 0 Å². The zero-order chi connectivity index (χ0) is 18.1. The highest BCUT2D eigenvalue weighted by Crippen LogP contribution is 2.12. The fourth-order valence-corrected chi connectivity index (χ4v) is 3.11. The molecule has 1 aromatic rings. The van der Waals surface area contributed by atoms with Crippen molar-refractivity contribution in [2.45, 2.75) is 52.0 Å². The van der Waals surface area contributed by atoms with E-state index in [1.807, 2.05) is 53.1 Å². The number of likely N-dealkylation sites (tertiary alicyclic amines) is 1. The summed E-state index contributed by atoms with van der Waals surface area (Å²) in [4.78, 5) is 28.8. The van der Waals surface area contributed by atoms with Crippen LogP contribution >= 0.6 is 0 Å². The van der Waals surface area contributed by atoms with Crippen LogP contribution in [0.4, 0.5) is 0 Å². The summed E-state index contributed by atoms with van der Waals surface area (Å²) in [5.74, 6) is 0.150. The first kappa shape index (κ1) is 19.2. The minimum atomic E-state index is -0.0235. The number of hydrogen-bond acceptors (Lipinski definition) is 2. The number of nitrogens with zero attached hydrogens (tertiary/aromatic N) is 2. The van der Waals surface area contributed by atoms with Crippen LogP contribution in [0.5, 0.6) is 0 Å². The number of rotatable bonds is 7. The second-order valence-corrected chi connectivity index (χ2v) is 6.72. The van der Waals surface area contributed by atoms with Crippen molar-refractivity contribution in [1.82, 2.24) is 9.80 Å². The van der Waals surface area contributed by atoms with Crippen LogP contribution in [-0.2, 0) is 9.59 Å². The molecule has 0 aromatic heterocycles. The predicted molar refractivity (Wildman–Crippen MR) is 102 cm³/mol. The molecule has 1 aliphatic heterocycles. The summed E-state index contributed by atoms with van der Waals surface area (Å²) in [5, 5.41) is 0. The molecule has 0 saturated carbocycles. The van der Waals surface area contributed by atoms with Gasteiger partial charge in [-0.1, -0.05) is 37.3 Å². The van der Waals surface area contributed by atoms with Crippen LogP contribution in [0.15, 0.2) is 36.4 Å². The van der Waals surface area contributed by atoms with E-state index < -0.39 is 0 Å². The van der Waals surface area contributed by atoms with Gasteiger partial charge in [-0.3, -0.25) is 9.59 Å². The topological polar surface area (TPSA) is 40.6 Å². The number of piperidine rings is 1. The minimum Gasteiger partial charge on any atom is -0.343 e. The quantitative estimate of drug-likeness (QED) is 0.709. The van der Waals surface area contributed by atoms with Gasteiger partial charge in [0.25, 0.3) is 0 Å². The van der Waals surface area contributed by atoms with E-state index in [9.17, 15) is 9.59 Å². The normalized spacial score (nSPS) is 16.0. The van der Waals surface area contributed by atoms with E-state index in [1.54, 1.807) is 6.08 Å². The minimum absolute atomic E-state index is 0.0235. The molecule has 1 saturated heterocycles. The van der Waals surface area contributed by atoms with Crippen molar-refractivity contribution in [3.63, 3.8) is 0 Å². The Bertz CT molecular complexity index is 577. The first-order valence-electron chi connectivity index (χ1n) is 9.43. The highest BCUT2D eigenvalue weighted by molar-refractivity contribution is 5.92. The van der Waals surface area contributed by atoms with Crippen LogP contribution in [0.1, 0.15) is 51.5 Å². The number of hydrogen-bond donors (Lipinski definition) is 0. The van der Waals surface area contributed by atoms with Crippen LogP contribution < -0.4 is 0 Å². The molecule has 25 heavy (non-hydrogen) atoms. The van der Waals surface area contributed by atoms with Crippen molar-refractivity contribution in [3.8, 4) is 0 Å². The summed E-state index contributed by atoms with van der Waals surface area (Å²) in [6, 6.07) is 9.93. The molecule has 1 heterocycles. The summed E-state index contributed by atoms with van der Waals surface area (Å²) >= 11 is 0. The Morgan fingerprint density at radius 3 is 2.48 bits per heavy atom. The lowest BCUT2D eigenvalue weighted by Gasteiger charge is -2.30.